The predicted molar refractivity (Wildman–Crippen MR) is 91.9 cm³/mol. The number of aliphatic carboxylic acids is 1. The van der Waals surface area contributed by atoms with Crippen molar-refractivity contribution in [3.63, 3.8) is 0 Å². The van der Waals surface area contributed by atoms with Crippen LogP contribution in [-0.2, 0) is 9.53 Å². The Kier molecular flexibility index (Phi) is 6.74. The van der Waals surface area contributed by atoms with Gasteiger partial charge >= 0.3 is 11.9 Å². The maximum Gasteiger partial charge on any atom is 0.343 e. The van der Waals surface area contributed by atoms with Gasteiger partial charge in [-0.05, 0) is 48.0 Å². The van der Waals surface area contributed by atoms with Crippen molar-refractivity contribution in [3.8, 4) is 11.5 Å². The van der Waals surface area contributed by atoms with E-state index in [1.807, 2.05) is 0 Å². The largest absolute Gasteiger partial charge is 0.491 e. The van der Waals surface area contributed by atoms with Gasteiger partial charge in [-0.25, -0.2) is 9.59 Å². The van der Waals surface area contributed by atoms with Crippen molar-refractivity contribution in [1.82, 2.24) is 0 Å². The van der Waals surface area contributed by atoms with Crippen LogP contribution in [0.3, 0.4) is 0 Å². The fourth-order valence-corrected chi connectivity index (χ4v) is 1.91. The van der Waals surface area contributed by atoms with Crippen molar-refractivity contribution in [2.75, 3.05) is 20.3 Å². The molecule has 0 atom stereocenters. The van der Waals surface area contributed by atoms with E-state index in [2.05, 4.69) is 0 Å². The van der Waals surface area contributed by atoms with Crippen LogP contribution in [0.1, 0.15) is 15.9 Å². The molecule has 2 aromatic carbocycles. The summed E-state index contributed by atoms with van der Waals surface area (Å²) >= 11 is 0. The third kappa shape index (κ3) is 6.12. The number of carbonyl (C=O) groups excluding carboxylic acids is 1. The first-order valence-corrected chi connectivity index (χ1v) is 7.53. The number of benzene rings is 2. The van der Waals surface area contributed by atoms with Gasteiger partial charge in [-0.3, -0.25) is 0 Å². The molecule has 0 heterocycles. The molecule has 0 aliphatic heterocycles. The van der Waals surface area contributed by atoms with Gasteiger partial charge in [0.2, 0.25) is 0 Å². The number of ether oxygens (including phenoxy) is 3. The molecular weight excluding hydrogens is 324 g/mol. The molecule has 0 spiro atoms. The molecule has 6 nitrogen and oxygen atoms in total. The summed E-state index contributed by atoms with van der Waals surface area (Å²) in [6, 6.07) is 13.1. The Bertz CT molecular complexity index is 732. The lowest BCUT2D eigenvalue weighted by Gasteiger charge is -2.07. The maximum atomic E-state index is 12.1. The summed E-state index contributed by atoms with van der Waals surface area (Å²) in [5.74, 6) is -0.497. The first-order chi connectivity index (χ1) is 12.1. The Balaban J connectivity index is 1.93. The second-order valence-corrected chi connectivity index (χ2v) is 5.00. The second kappa shape index (κ2) is 9.24. The van der Waals surface area contributed by atoms with E-state index in [1.54, 1.807) is 55.6 Å². The molecule has 1 N–H and O–H groups in total. The van der Waals surface area contributed by atoms with Gasteiger partial charge in [0, 0.05) is 13.2 Å². The lowest BCUT2D eigenvalue weighted by atomic mass is 10.2. The smallest absolute Gasteiger partial charge is 0.343 e. The van der Waals surface area contributed by atoms with Crippen molar-refractivity contribution in [2.45, 2.75) is 0 Å². The number of hydrogen-bond donors (Lipinski definition) is 1. The van der Waals surface area contributed by atoms with Crippen molar-refractivity contribution >= 4 is 18.0 Å². The van der Waals surface area contributed by atoms with Crippen molar-refractivity contribution < 1.29 is 28.9 Å². The number of rotatable bonds is 8. The average Bonchev–Trinajstić information content (AvgIpc) is 2.62. The van der Waals surface area contributed by atoms with E-state index in [9.17, 15) is 9.59 Å². The first-order valence-electron chi connectivity index (χ1n) is 7.53. The van der Waals surface area contributed by atoms with Gasteiger partial charge in [-0.2, -0.15) is 0 Å². The fourth-order valence-electron chi connectivity index (χ4n) is 1.91. The summed E-state index contributed by atoms with van der Waals surface area (Å²) in [5, 5.41) is 8.58. The zero-order chi connectivity index (χ0) is 18.1. The third-order valence-corrected chi connectivity index (χ3v) is 3.16. The summed E-state index contributed by atoms with van der Waals surface area (Å²) in [7, 11) is 1.59. The Hall–Kier alpha value is -3.12. The van der Waals surface area contributed by atoms with Crippen LogP contribution in [0.4, 0.5) is 0 Å². The van der Waals surface area contributed by atoms with Gasteiger partial charge in [0.15, 0.2) is 0 Å². The number of carboxylic acid groups (broad SMARTS) is 1. The van der Waals surface area contributed by atoms with E-state index in [0.29, 0.717) is 35.8 Å². The Morgan fingerprint density at radius 1 is 0.960 bits per heavy atom. The van der Waals surface area contributed by atoms with E-state index in [1.165, 1.54) is 6.08 Å². The standard InChI is InChI=1S/C19H18O6/c1-23-12-13-24-16-9-5-15(6-10-16)19(22)25-17-7-2-14(3-8-17)4-11-18(20)21/h2-11H,12-13H2,1H3,(H,20,21)/b11-4+. The minimum Gasteiger partial charge on any atom is -0.491 e. The lowest BCUT2D eigenvalue weighted by Crippen LogP contribution is -2.09. The third-order valence-electron chi connectivity index (χ3n) is 3.16. The van der Waals surface area contributed by atoms with Gasteiger partial charge < -0.3 is 19.3 Å². The zero-order valence-corrected chi connectivity index (χ0v) is 13.7. The molecule has 0 saturated carbocycles. The second-order valence-electron chi connectivity index (χ2n) is 5.00. The van der Waals surface area contributed by atoms with Gasteiger partial charge in [0.1, 0.15) is 18.1 Å². The maximum absolute atomic E-state index is 12.1. The molecule has 0 bridgehead atoms. The molecule has 0 amide bonds. The molecule has 0 radical (unpaired) electrons. The van der Waals surface area contributed by atoms with Crippen LogP contribution in [-0.4, -0.2) is 37.4 Å². The summed E-state index contributed by atoms with van der Waals surface area (Å²) in [6.45, 7) is 0.921. The highest BCUT2D eigenvalue weighted by molar-refractivity contribution is 5.91. The number of hydrogen-bond acceptors (Lipinski definition) is 5. The van der Waals surface area contributed by atoms with Crippen LogP contribution in [0.5, 0.6) is 11.5 Å². The minimum atomic E-state index is -1.02. The molecule has 0 aliphatic carbocycles. The van der Waals surface area contributed by atoms with Crippen LogP contribution in [0.15, 0.2) is 54.6 Å². The van der Waals surface area contributed by atoms with E-state index < -0.39 is 11.9 Å². The molecule has 0 aliphatic rings. The Morgan fingerprint density at radius 2 is 1.60 bits per heavy atom. The normalized spacial score (nSPS) is 10.6. The quantitative estimate of drug-likeness (QED) is 0.344. The molecule has 2 aromatic rings. The number of esters is 1. The van der Waals surface area contributed by atoms with E-state index in [4.69, 9.17) is 19.3 Å². The fraction of sp³-hybridized carbons (Fsp3) is 0.158. The van der Waals surface area contributed by atoms with E-state index >= 15 is 0 Å². The van der Waals surface area contributed by atoms with E-state index in [0.717, 1.165) is 6.08 Å². The molecule has 6 heteroatoms. The van der Waals surface area contributed by atoms with Crippen LogP contribution in [0.2, 0.25) is 0 Å². The van der Waals surface area contributed by atoms with Gasteiger partial charge in [0.05, 0.1) is 12.2 Å². The molecule has 0 unspecified atom stereocenters. The highest BCUT2D eigenvalue weighted by Gasteiger charge is 2.08. The SMILES string of the molecule is COCCOc1ccc(C(=O)Oc2ccc(/C=C/C(=O)O)cc2)cc1. The summed E-state index contributed by atoms with van der Waals surface area (Å²) < 4.78 is 15.6. The molecular formula is C19H18O6. The van der Waals surface area contributed by atoms with Crippen LogP contribution >= 0.6 is 0 Å². The predicted octanol–water partition coefficient (Wildman–Crippen LogP) is 3.03. The minimum absolute atomic E-state index is 0.373. The van der Waals surface area contributed by atoms with Gasteiger partial charge in [-0.1, -0.05) is 12.1 Å². The highest BCUT2D eigenvalue weighted by Crippen LogP contribution is 2.17. The van der Waals surface area contributed by atoms with Gasteiger partial charge in [0.25, 0.3) is 0 Å². The van der Waals surface area contributed by atoms with Crippen LogP contribution in [0, 0.1) is 0 Å². The molecule has 25 heavy (non-hydrogen) atoms. The molecule has 2 rings (SSSR count). The molecule has 0 fully saturated rings. The summed E-state index contributed by atoms with van der Waals surface area (Å²) in [5.41, 5.74) is 1.09. The Labute approximate surface area is 145 Å². The topological polar surface area (TPSA) is 82.1 Å². The zero-order valence-electron chi connectivity index (χ0n) is 13.7. The average molecular weight is 342 g/mol. The summed E-state index contributed by atoms with van der Waals surface area (Å²) in [6.07, 6.45) is 2.49. The van der Waals surface area contributed by atoms with Gasteiger partial charge in [-0.15, -0.1) is 0 Å². The highest BCUT2D eigenvalue weighted by atomic mass is 16.5. The van der Waals surface area contributed by atoms with Crippen LogP contribution in [0.25, 0.3) is 6.08 Å². The monoisotopic (exact) mass is 342 g/mol. The number of carbonyl (C=O) groups is 2. The van der Waals surface area contributed by atoms with Crippen LogP contribution < -0.4 is 9.47 Å². The van der Waals surface area contributed by atoms with E-state index in [-0.39, 0.29) is 0 Å². The number of carboxylic acids is 1. The summed E-state index contributed by atoms with van der Waals surface area (Å²) in [4.78, 5) is 22.6. The van der Waals surface area contributed by atoms with Crippen molar-refractivity contribution in [3.05, 3.63) is 65.7 Å². The van der Waals surface area contributed by atoms with Crippen molar-refractivity contribution in [2.24, 2.45) is 0 Å². The molecule has 0 aromatic heterocycles. The Morgan fingerprint density at radius 3 is 2.20 bits per heavy atom. The number of methoxy groups -OCH3 is 1. The molecule has 130 valence electrons. The first kappa shape index (κ1) is 18.2. The molecule has 0 saturated heterocycles. The lowest BCUT2D eigenvalue weighted by molar-refractivity contribution is -0.131. The van der Waals surface area contributed by atoms with Crippen molar-refractivity contribution in [1.29, 1.82) is 0 Å².